The fourth-order valence-corrected chi connectivity index (χ4v) is 2.90. The van der Waals surface area contributed by atoms with E-state index >= 15 is 0 Å². The summed E-state index contributed by atoms with van der Waals surface area (Å²) in [5.74, 6) is -0.844. The van der Waals surface area contributed by atoms with Crippen molar-refractivity contribution in [1.29, 1.82) is 0 Å². The minimum atomic E-state index is -0.528. The van der Waals surface area contributed by atoms with Crippen LogP contribution in [-0.4, -0.2) is 34.1 Å². The Balaban J connectivity index is 1.73. The van der Waals surface area contributed by atoms with Crippen LogP contribution in [0.5, 0.6) is 0 Å². The van der Waals surface area contributed by atoms with Crippen LogP contribution in [0.3, 0.4) is 0 Å². The van der Waals surface area contributed by atoms with Gasteiger partial charge in [-0.3, -0.25) is 9.78 Å². The Hall–Kier alpha value is -2.55. The fraction of sp³-hybridized carbons (Fsp3) is 0.444. The standard InChI is InChI=1S/C18H23FN4O3S/c1-18(2,3)26-17(25)21-9-5-7-15-23-14(11-27-15)16(24)22-10-13-12(19)6-4-8-20-13/h4,6,8,11H,5,7,9-10H2,1-3H3,(H,21,25)(H,22,24). The Labute approximate surface area is 161 Å². The number of amides is 2. The molecule has 0 atom stereocenters. The molecule has 0 aliphatic rings. The molecule has 2 aromatic heterocycles. The fourth-order valence-electron chi connectivity index (χ4n) is 2.08. The van der Waals surface area contributed by atoms with Gasteiger partial charge < -0.3 is 15.4 Å². The number of ether oxygens (including phenoxy) is 1. The number of rotatable bonds is 7. The summed E-state index contributed by atoms with van der Waals surface area (Å²) in [5.41, 5.74) is -0.0687. The number of aryl methyl sites for hydroxylation is 1. The second-order valence-corrected chi connectivity index (χ2v) is 7.72. The third-order valence-electron chi connectivity index (χ3n) is 3.27. The molecule has 0 fully saturated rings. The van der Waals surface area contributed by atoms with Crippen molar-refractivity contribution in [2.45, 2.75) is 45.8 Å². The minimum Gasteiger partial charge on any atom is -0.444 e. The normalized spacial score (nSPS) is 11.1. The number of halogens is 1. The maximum atomic E-state index is 13.5. The van der Waals surface area contributed by atoms with Crippen LogP contribution in [-0.2, 0) is 17.7 Å². The summed E-state index contributed by atoms with van der Waals surface area (Å²) in [5, 5.41) is 7.72. The SMILES string of the molecule is CC(C)(C)OC(=O)NCCCc1nc(C(=O)NCc2ncccc2F)cs1. The summed E-state index contributed by atoms with van der Waals surface area (Å²) in [6, 6.07) is 2.78. The van der Waals surface area contributed by atoms with Gasteiger partial charge in [0.05, 0.1) is 17.2 Å². The molecule has 9 heteroatoms. The van der Waals surface area contributed by atoms with E-state index in [1.807, 2.05) is 0 Å². The van der Waals surface area contributed by atoms with E-state index in [1.165, 1.54) is 29.7 Å². The number of thiazole rings is 1. The molecule has 0 aromatic carbocycles. The van der Waals surface area contributed by atoms with Crippen molar-refractivity contribution in [1.82, 2.24) is 20.6 Å². The molecule has 0 aliphatic carbocycles. The molecule has 27 heavy (non-hydrogen) atoms. The van der Waals surface area contributed by atoms with Crippen LogP contribution in [0.2, 0.25) is 0 Å². The van der Waals surface area contributed by atoms with Crippen molar-refractivity contribution in [3.8, 4) is 0 Å². The van der Waals surface area contributed by atoms with Crippen molar-refractivity contribution in [3.63, 3.8) is 0 Å². The lowest BCUT2D eigenvalue weighted by molar-refractivity contribution is 0.0527. The number of nitrogens with one attached hydrogen (secondary N) is 2. The molecule has 0 bridgehead atoms. The van der Waals surface area contributed by atoms with Gasteiger partial charge in [0, 0.05) is 24.5 Å². The van der Waals surface area contributed by atoms with E-state index in [0.717, 1.165) is 5.01 Å². The van der Waals surface area contributed by atoms with Crippen LogP contribution in [0.1, 0.15) is 48.4 Å². The molecule has 2 amide bonds. The third-order valence-corrected chi connectivity index (χ3v) is 4.18. The lowest BCUT2D eigenvalue weighted by Crippen LogP contribution is -2.33. The van der Waals surface area contributed by atoms with Crippen LogP contribution in [0.25, 0.3) is 0 Å². The summed E-state index contributed by atoms with van der Waals surface area (Å²) < 4.78 is 18.7. The van der Waals surface area contributed by atoms with E-state index in [-0.39, 0.29) is 23.8 Å². The zero-order chi connectivity index (χ0) is 19.9. The Bertz CT molecular complexity index is 789. The van der Waals surface area contributed by atoms with Gasteiger partial charge in [0.25, 0.3) is 5.91 Å². The maximum Gasteiger partial charge on any atom is 0.407 e. The largest absolute Gasteiger partial charge is 0.444 e. The molecule has 0 unspecified atom stereocenters. The van der Waals surface area contributed by atoms with Gasteiger partial charge in [0.2, 0.25) is 0 Å². The Morgan fingerprint density at radius 2 is 2.07 bits per heavy atom. The van der Waals surface area contributed by atoms with E-state index in [2.05, 4.69) is 20.6 Å². The molecular formula is C18H23FN4O3S. The Morgan fingerprint density at radius 3 is 2.78 bits per heavy atom. The predicted octanol–water partition coefficient (Wildman–Crippen LogP) is 3.06. The van der Waals surface area contributed by atoms with Gasteiger partial charge in [-0.05, 0) is 39.3 Å². The van der Waals surface area contributed by atoms with E-state index in [0.29, 0.717) is 19.4 Å². The summed E-state index contributed by atoms with van der Waals surface area (Å²) in [6.07, 6.45) is 2.32. The topological polar surface area (TPSA) is 93.2 Å². The maximum absolute atomic E-state index is 13.5. The number of hydrogen-bond acceptors (Lipinski definition) is 6. The summed E-state index contributed by atoms with van der Waals surface area (Å²) in [7, 11) is 0. The Morgan fingerprint density at radius 1 is 1.30 bits per heavy atom. The van der Waals surface area contributed by atoms with Crippen molar-refractivity contribution in [2.24, 2.45) is 0 Å². The number of alkyl carbamates (subject to hydrolysis) is 1. The summed E-state index contributed by atoms with van der Waals surface area (Å²) in [4.78, 5) is 31.8. The molecule has 0 aliphatic heterocycles. The highest BCUT2D eigenvalue weighted by Crippen LogP contribution is 2.12. The smallest absolute Gasteiger partial charge is 0.407 e. The van der Waals surface area contributed by atoms with E-state index in [9.17, 15) is 14.0 Å². The second-order valence-electron chi connectivity index (χ2n) is 6.77. The van der Waals surface area contributed by atoms with Gasteiger partial charge in [0.1, 0.15) is 17.1 Å². The van der Waals surface area contributed by atoms with E-state index < -0.39 is 17.5 Å². The quantitative estimate of drug-likeness (QED) is 0.704. The molecule has 2 rings (SSSR count). The first-order valence-corrected chi connectivity index (χ1v) is 9.41. The minimum absolute atomic E-state index is 0.00181. The predicted molar refractivity (Wildman–Crippen MR) is 100 cm³/mol. The van der Waals surface area contributed by atoms with Crippen molar-refractivity contribution >= 4 is 23.3 Å². The molecule has 146 valence electrons. The first kappa shape index (κ1) is 20.8. The highest BCUT2D eigenvalue weighted by molar-refractivity contribution is 7.09. The van der Waals surface area contributed by atoms with E-state index in [4.69, 9.17) is 4.74 Å². The van der Waals surface area contributed by atoms with Gasteiger partial charge in [-0.1, -0.05) is 0 Å². The zero-order valence-corrected chi connectivity index (χ0v) is 16.4. The van der Waals surface area contributed by atoms with Gasteiger partial charge in [-0.15, -0.1) is 11.3 Å². The first-order chi connectivity index (χ1) is 12.7. The highest BCUT2D eigenvalue weighted by atomic mass is 32.1. The van der Waals surface area contributed by atoms with Gasteiger partial charge in [-0.25, -0.2) is 14.2 Å². The lowest BCUT2D eigenvalue weighted by Gasteiger charge is -2.19. The third kappa shape index (κ3) is 7.30. The van der Waals surface area contributed by atoms with Crippen LogP contribution in [0.15, 0.2) is 23.7 Å². The van der Waals surface area contributed by atoms with Crippen LogP contribution >= 0.6 is 11.3 Å². The number of pyridine rings is 1. The lowest BCUT2D eigenvalue weighted by atomic mass is 10.2. The van der Waals surface area contributed by atoms with Crippen LogP contribution in [0, 0.1) is 5.82 Å². The molecule has 2 N–H and O–H groups in total. The average molecular weight is 394 g/mol. The molecular weight excluding hydrogens is 371 g/mol. The number of carbonyl (C=O) groups is 2. The number of nitrogens with zero attached hydrogens (tertiary/aromatic N) is 2. The van der Waals surface area contributed by atoms with Gasteiger partial charge >= 0.3 is 6.09 Å². The summed E-state index contributed by atoms with van der Waals surface area (Å²) >= 11 is 1.37. The number of carbonyl (C=O) groups excluding carboxylic acids is 2. The molecule has 0 saturated heterocycles. The van der Waals surface area contributed by atoms with Crippen molar-refractivity contribution < 1.29 is 18.7 Å². The van der Waals surface area contributed by atoms with Gasteiger partial charge in [-0.2, -0.15) is 0 Å². The molecule has 2 heterocycles. The number of hydrogen-bond donors (Lipinski definition) is 2. The first-order valence-electron chi connectivity index (χ1n) is 8.53. The molecule has 0 spiro atoms. The second kappa shape index (κ2) is 9.40. The molecule has 2 aromatic rings. The molecule has 7 nitrogen and oxygen atoms in total. The van der Waals surface area contributed by atoms with Crippen LogP contribution in [0.4, 0.5) is 9.18 Å². The average Bonchev–Trinajstić information content (AvgIpc) is 3.05. The van der Waals surface area contributed by atoms with Crippen molar-refractivity contribution in [3.05, 3.63) is 45.9 Å². The van der Waals surface area contributed by atoms with Crippen LogP contribution < -0.4 is 10.6 Å². The van der Waals surface area contributed by atoms with Gasteiger partial charge in [0.15, 0.2) is 0 Å². The number of aromatic nitrogens is 2. The summed E-state index contributed by atoms with van der Waals surface area (Å²) in [6.45, 7) is 5.86. The molecule has 0 saturated carbocycles. The van der Waals surface area contributed by atoms with Crippen molar-refractivity contribution in [2.75, 3.05) is 6.54 Å². The highest BCUT2D eigenvalue weighted by Gasteiger charge is 2.16. The monoisotopic (exact) mass is 394 g/mol. The zero-order valence-electron chi connectivity index (χ0n) is 15.5. The molecule has 0 radical (unpaired) electrons. The Kier molecular flexibility index (Phi) is 7.23. The van der Waals surface area contributed by atoms with E-state index in [1.54, 1.807) is 26.2 Å².